The Morgan fingerprint density at radius 2 is 1.50 bits per heavy atom. The summed E-state index contributed by atoms with van der Waals surface area (Å²) in [5.74, 6) is -4.97. The molecular formula is C28H40O8. The molecule has 0 saturated heterocycles. The Balaban J connectivity index is 2.57. The van der Waals surface area contributed by atoms with Crippen LogP contribution in [0.1, 0.15) is 97.3 Å². The first-order chi connectivity index (χ1) is 16.8. The van der Waals surface area contributed by atoms with Gasteiger partial charge in [0.25, 0.3) is 5.79 Å². The third kappa shape index (κ3) is 6.86. The van der Waals surface area contributed by atoms with Gasteiger partial charge in [0.2, 0.25) is 5.60 Å². The second-order valence-electron chi connectivity index (χ2n) is 10.6. The normalized spacial score (nSPS) is 18.6. The van der Waals surface area contributed by atoms with E-state index < -0.39 is 46.8 Å². The van der Waals surface area contributed by atoms with Gasteiger partial charge in [0, 0.05) is 13.3 Å². The molecule has 1 fully saturated rings. The van der Waals surface area contributed by atoms with Crippen molar-refractivity contribution >= 4 is 23.9 Å². The van der Waals surface area contributed by atoms with Crippen LogP contribution in [0.5, 0.6) is 0 Å². The molecule has 0 heterocycles. The van der Waals surface area contributed by atoms with Gasteiger partial charge in [-0.3, -0.25) is 14.4 Å². The summed E-state index contributed by atoms with van der Waals surface area (Å²) in [6.45, 7) is 10.9. The predicted molar refractivity (Wildman–Crippen MR) is 133 cm³/mol. The van der Waals surface area contributed by atoms with Crippen molar-refractivity contribution in [2.24, 2.45) is 11.3 Å². The van der Waals surface area contributed by atoms with Crippen molar-refractivity contribution in [3.8, 4) is 0 Å². The molecule has 1 aromatic rings. The van der Waals surface area contributed by atoms with E-state index in [4.69, 9.17) is 18.9 Å². The summed E-state index contributed by atoms with van der Waals surface area (Å²) in [4.78, 5) is 51.7. The predicted octanol–water partition coefficient (Wildman–Crippen LogP) is 5.37. The van der Waals surface area contributed by atoms with Crippen LogP contribution in [0, 0.1) is 11.3 Å². The van der Waals surface area contributed by atoms with Gasteiger partial charge in [-0.15, -0.1) is 0 Å². The van der Waals surface area contributed by atoms with E-state index in [-0.39, 0.29) is 17.9 Å². The zero-order valence-corrected chi connectivity index (χ0v) is 22.6. The van der Waals surface area contributed by atoms with Gasteiger partial charge in [0.05, 0.1) is 16.9 Å². The molecule has 0 N–H and O–H groups in total. The second-order valence-corrected chi connectivity index (χ2v) is 10.6. The van der Waals surface area contributed by atoms with E-state index >= 15 is 0 Å². The Labute approximate surface area is 214 Å². The molecule has 0 amide bonds. The summed E-state index contributed by atoms with van der Waals surface area (Å²) in [5, 5.41) is 0. The second kappa shape index (κ2) is 11.9. The molecule has 0 radical (unpaired) electrons. The summed E-state index contributed by atoms with van der Waals surface area (Å²) >= 11 is 0. The van der Waals surface area contributed by atoms with Gasteiger partial charge in [0.15, 0.2) is 0 Å². The summed E-state index contributed by atoms with van der Waals surface area (Å²) < 4.78 is 23.4. The molecular weight excluding hydrogens is 464 g/mol. The van der Waals surface area contributed by atoms with E-state index in [1.807, 2.05) is 0 Å². The summed E-state index contributed by atoms with van der Waals surface area (Å²) in [6.07, 6.45) is 3.00. The number of esters is 4. The number of ether oxygens (including phenoxy) is 4. The lowest BCUT2D eigenvalue weighted by Crippen LogP contribution is -2.65. The molecule has 0 spiro atoms. The topological polar surface area (TPSA) is 105 Å². The maximum atomic E-state index is 13.4. The van der Waals surface area contributed by atoms with Crippen LogP contribution in [0.4, 0.5) is 0 Å². The van der Waals surface area contributed by atoms with Crippen LogP contribution >= 0.6 is 0 Å². The Bertz CT molecular complexity index is 929. The number of benzene rings is 1. The number of carbonyl (C=O) groups excluding carboxylic acids is 4. The van der Waals surface area contributed by atoms with Gasteiger partial charge in [-0.25, -0.2) is 4.79 Å². The fourth-order valence-corrected chi connectivity index (χ4v) is 4.28. The maximum absolute atomic E-state index is 13.4. The summed E-state index contributed by atoms with van der Waals surface area (Å²) in [7, 11) is 0. The maximum Gasteiger partial charge on any atom is 0.341 e. The first-order valence-corrected chi connectivity index (χ1v) is 12.7. The summed E-state index contributed by atoms with van der Waals surface area (Å²) in [6, 6.07) is 8.22. The largest absolute Gasteiger partial charge is 0.458 e. The number of hydrogen-bond donors (Lipinski definition) is 0. The van der Waals surface area contributed by atoms with Crippen LogP contribution in [-0.4, -0.2) is 41.4 Å². The van der Waals surface area contributed by atoms with Crippen molar-refractivity contribution in [1.29, 1.82) is 0 Å². The minimum atomic E-state index is -2.06. The van der Waals surface area contributed by atoms with Crippen LogP contribution in [-0.2, 0) is 33.3 Å². The number of carbonyl (C=O) groups is 4. The molecule has 3 unspecified atom stereocenters. The Morgan fingerprint density at radius 3 is 2.00 bits per heavy atom. The molecule has 0 bridgehead atoms. The molecule has 1 aromatic carbocycles. The highest BCUT2D eigenvalue weighted by atomic mass is 16.8. The van der Waals surface area contributed by atoms with Crippen molar-refractivity contribution in [1.82, 2.24) is 0 Å². The van der Waals surface area contributed by atoms with Crippen LogP contribution in [0.2, 0.25) is 0 Å². The van der Waals surface area contributed by atoms with Crippen LogP contribution in [0.25, 0.3) is 0 Å². The molecule has 0 aromatic heterocycles. The number of hydrogen-bond acceptors (Lipinski definition) is 8. The van der Waals surface area contributed by atoms with E-state index in [1.54, 1.807) is 65.0 Å². The minimum absolute atomic E-state index is 0.0585. The smallest absolute Gasteiger partial charge is 0.341 e. The third-order valence-electron chi connectivity index (χ3n) is 6.72. The first-order valence-electron chi connectivity index (χ1n) is 12.7. The van der Waals surface area contributed by atoms with E-state index in [0.717, 1.165) is 19.3 Å². The average molecular weight is 505 g/mol. The third-order valence-corrected chi connectivity index (χ3v) is 6.72. The molecule has 1 aliphatic carbocycles. The van der Waals surface area contributed by atoms with Gasteiger partial charge in [-0.05, 0) is 59.6 Å². The molecule has 8 nitrogen and oxygen atoms in total. The summed E-state index contributed by atoms with van der Waals surface area (Å²) in [5.41, 5.74) is -2.46. The SMILES string of the molecule is CCC(OC(C)=O)(OC(=O)c1ccccc1)C(C)(OC(=O)C1CCCCC1)C(C)OC(=O)C(C)(C)C. The standard InChI is InChI=1S/C28H40O8/c1-8-28(34-20(3)29,36-24(31)22-17-13-10-14-18-22)27(7,19(2)33-25(32)26(4,5)6)35-23(30)21-15-11-9-12-16-21/h10,13-14,17-19,21H,8-9,11-12,15-16H2,1-7H3. The minimum Gasteiger partial charge on any atom is -0.458 e. The van der Waals surface area contributed by atoms with E-state index in [2.05, 4.69) is 0 Å². The van der Waals surface area contributed by atoms with Gasteiger partial charge in [0.1, 0.15) is 6.10 Å². The van der Waals surface area contributed by atoms with E-state index in [9.17, 15) is 19.2 Å². The van der Waals surface area contributed by atoms with Crippen molar-refractivity contribution in [2.45, 2.75) is 104 Å². The van der Waals surface area contributed by atoms with Gasteiger partial charge in [-0.1, -0.05) is 44.4 Å². The van der Waals surface area contributed by atoms with Crippen molar-refractivity contribution in [3.63, 3.8) is 0 Å². The Morgan fingerprint density at radius 1 is 0.917 bits per heavy atom. The molecule has 0 aliphatic heterocycles. The quantitative estimate of drug-likeness (QED) is 0.251. The molecule has 200 valence electrons. The van der Waals surface area contributed by atoms with E-state index in [1.165, 1.54) is 13.8 Å². The average Bonchev–Trinajstić information content (AvgIpc) is 2.83. The van der Waals surface area contributed by atoms with Gasteiger partial charge in [-0.2, -0.15) is 0 Å². The zero-order valence-electron chi connectivity index (χ0n) is 22.6. The molecule has 3 atom stereocenters. The lowest BCUT2D eigenvalue weighted by atomic mass is 9.85. The van der Waals surface area contributed by atoms with Crippen molar-refractivity contribution < 1.29 is 38.1 Å². The molecule has 1 aliphatic rings. The highest BCUT2D eigenvalue weighted by molar-refractivity contribution is 5.89. The fourth-order valence-electron chi connectivity index (χ4n) is 4.28. The number of rotatable bonds is 9. The lowest BCUT2D eigenvalue weighted by Gasteiger charge is -2.47. The first kappa shape index (κ1) is 29.3. The van der Waals surface area contributed by atoms with E-state index in [0.29, 0.717) is 12.8 Å². The van der Waals surface area contributed by atoms with Gasteiger partial charge >= 0.3 is 23.9 Å². The highest BCUT2D eigenvalue weighted by Crippen LogP contribution is 2.41. The zero-order chi connectivity index (χ0) is 27.1. The molecule has 8 heteroatoms. The van der Waals surface area contributed by atoms with Crippen LogP contribution in [0.3, 0.4) is 0 Å². The van der Waals surface area contributed by atoms with Crippen molar-refractivity contribution in [2.75, 3.05) is 0 Å². The Hall–Kier alpha value is -2.90. The molecule has 1 saturated carbocycles. The fraction of sp³-hybridized carbons (Fsp3) is 0.643. The Kier molecular flexibility index (Phi) is 9.69. The van der Waals surface area contributed by atoms with Gasteiger partial charge < -0.3 is 18.9 Å². The lowest BCUT2D eigenvalue weighted by molar-refractivity contribution is -0.307. The molecule has 36 heavy (non-hydrogen) atoms. The van der Waals surface area contributed by atoms with Crippen molar-refractivity contribution in [3.05, 3.63) is 35.9 Å². The van der Waals surface area contributed by atoms with Crippen LogP contribution < -0.4 is 0 Å². The highest BCUT2D eigenvalue weighted by Gasteiger charge is 2.62. The monoisotopic (exact) mass is 504 g/mol. The van der Waals surface area contributed by atoms with Crippen LogP contribution in [0.15, 0.2) is 30.3 Å². The molecule has 2 rings (SSSR count).